The molecular weight excluding hydrogens is 1170 g/mol. The summed E-state index contributed by atoms with van der Waals surface area (Å²) in [6.07, 6.45) is 7.19. The van der Waals surface area contributed by atoms with Gasteiger partial charge in [-0.1, -0.05) is 53.6 Å². The highest BCUT2D eigenvalue weighted by atomic mass is 35.5. The molecule has 1 saturated heterocycles. The molecule has 0 unspecified atom stereocenters. The smallest absolute Gasteiger partial charge is 0.268 e. The first-order valence-corrected chi connectivity index (χ1v) is 32.2. The molecule has 4 aromatic heterocycles. The molecule has 6 aromatic rings. The Morgan fingerprint density at radius 1 is 0.747 bits per heavy atom. The van der Waals surface area contributed by atoms with Gasteiger partial charge in [-0.25, -0.2) is 15.0 Å². The maximum absolute atomic E-state index is 13.7. The number of benzene rings is 2. The Labute approximate surface area is 521 Å². The number of carbonyl (C=O) groups is 6. The van der Waals surface area contributed by atoms with Crippen LogP contribution in [0.5, 0.6) is 0 Å². The number of nitrogens with zero attached hydrogens (tertiary/aromatic N) is 7. The van der Waals surface area contributed by atoms with Gasteiger partial charge < -0.3 is 60.5 Å². The molecule has 0 atom stereocenters. The third-order valence-electron chi connectivity index (χ3n) is 15.3. The van der Waals surface area contributed by atoms with E-state index in [0.717, 1.165) is 78.4 Å². The fraction of sp³-hybridized carbons (Fsp3) is 0.500. The van der Waals surface area contributed by atoms with E-state index in [4.69, 9.17) is 25.8 Å². The average Bonchev–Trinajstić information content (AvgIpc) is 1.92. The Balaban J connectivity index is 0.577. The van der Waals surface area contributed by atoms with Crippen LogP contribution in [0.1, 0.15) is 102 Å². The van der Waals surface area contributed by atoms with E-state index in [1.54, 1.807) is 11.0 Å². The molecule has 6 amide bonds. The second kappa shape index (κ2) is 33.9. The molecule has 0 radical (unpaired) electrons. The van der Waals surface area contributed by atoms with Crippen molar-refractivity contribution in [1.82, 2.24) is 45.7 Å². The van der Waals surface area contributed by atoms with Gasteiger partial charge in [-0.15, -0.1) is 11.3 Å². The van der Waals surface area contributed by atoms with Gasteiger partial charge in [-0.2, -0.15) is 0 Å². The van der Waals surface area contributed by atoms with Crippen molar-refractivity contribution in [3.63, 3.8) is 0 Å². The number of nitrogens with one attached hydrogen (secondary N) is 6. The summed E-state index contributed by atoms with van der Waals surface area (Å²) < 4.78 is 19.7. The topological polar surface area (TPSA) is 256 Å². The van der Waals surface area contributed by atoms with Crippen molar-refractivity contribution >= 4 is 108 Å². The lowest BCUT2D eigenvalue weighted by Gasteiger charge is -2.35. The molecule has 2 aliphatic rings. The van der Waals surface area contributed by atoms with E-state index in [9.17, 15) is 28.8 Å². The molecule has 8 rings (SSSR count). The van der Waals surface area contributed by atoms with Gasteiger partial charge in [-0.05, 0) is 113 Å². The summed E-state index contributed by atoms with van der Waals surface area (Å²) in [5.41, 5.74) is 4.67. The van der Waals surface area contributed by atoms with Gasteiger partial charge in [0.05, 0.1) is 66.8 Å². The number of para-hydroxylation sites is 1. The van der Waals surface area contributed by atoms with Crippen LogP contribution in [0.4, 0.5) is 28.1 Å². The van der Waals surface area contributed by atoms with E-state index in [1.165, 1.54) is 28.9 Å². The average molecular weight is 1250 g/mol. The lowest BCUT2D eigenvalue weighted by atomic mass is 9.85. The van der Waals surface area contributed by atoms with Gasteiger partial charge in [-0.3, -0.25) is 33.7 Å². The van der Waals surface area contributed by atoms with Crippen LogP contribution in [-0.2, 0) is 39.9 Å². The fourth-order valence-corrected chi connectivity index (χ4v) is 12.3. The quantitative estimate of drug-likeness (QED) is 0.0213. The SMILES string of the molecule is CCN(C(=O)Cn1c(C(=O)NC2CCC(C(=O)NCCCCCC(=O)NCCOCCOCCC(=O)NCCOCCN3CCN(c4cc(Nc5ncc(C(=O)Nc6c(C)cccc6Cl)s5)nc(C)n4)CC3)CC2)cc2sccc21)c1cccc(C)c1. The molecule has 2 fully saturated rings. The number of piperazine rings is 1. The van der Waals surface area contributed by atoms with Gasteiger partial charge in [0.25, 0.3) is 11.8 Å². The second-order valence-corrected chi connectivity index (χ2v) is 24.1. The van der Waals surface area contributed by atoms with E-state index in [-0.39, 0.29) is 67.0 Å². The number of ether oxygens (including phenoxy) is 3. The minimum absolute atomic E-state index is 0.0330. The van der Waals surface area contributed by atoms with Gasteiger partial charge in [0.1, 0.15) is 34.6 Å². The van der Waals surface area contributed by atoms with Crippen LogP contribution in [0.3, 0.4) is 0 Å². The van der Waals surface area contributed by atoms with Crippen LogP contribution in [0.2, 0.25) is 5.02 Å². The van der Waals surface area contributed by atoms with Gasteiger partial charge >= 0.3 is 0 Å². The highest BCUT2D eigenvalue weighted by molar-refractivity contribution is 7.17. The van der Waals surface area contributed by atoms with Crippen molar-refractivity contribution in [1.29, 1.82) is 0 Å². The number of unbranched alkanes of at least 4 members (excludes halogenated alkanes) is 2. The number of carbonyl (C=O) groups excluding carboxylic acids is 6. The minimum Gasteiger partial charge on any atom is -0.379 e. The van der Waals surface area contributed by atoms with Crippen molar-refractivity contribution in [2.45, 2.75) is 98.1 Å². The number of hydrogen-bond acceptors (Lipinski definition) is 17. The highest BCUT2D eigenvalue weighted by Crippen LogP contribution is 2.31. The van der Waals surface area contributed by atoms with Crippen LogP contribution >= 0.6 is 34.3 Å². The third kappa shape index (κ3) is 20.2. The molecular formula is C62H82ClN13O9S2. The zero-order valence-electron chi connectivity index (χ0n) is 50.3. The second-order valence-electron chi connectivity index (χ2n) is 21.7. The molecule has 87 heavy (non-hydrogen) atoms. The fourth-order valence-electron chi connectivity index (χ4n) is 10.5. The lowest BCUT2D eigenvalue weighted by Crippen LogP contribution is -2.47. The van der Waals surface area contributed by atoms with Gasteiger partial charge in [0.2, 0.25) is 23.6 Å². The Kier molecular flexibility index (Phi) is 25.7. The monoisotopic (exact) mass is 1250 g/mol. The molecule has 1 saturated carbocycles. The molecule has 6 N–H and O–H groups in total. The number of hydrogen-bond donors (Lipinski definition) is 6. The van der Waals surface area contributed by atoms with Crippen molar-refractivity contribution < 1.29 is 43.0 Å². The van der Waals surface area contributed by atoms with Crippen LogP contribution in [0.15, 0.2) is 72.2 Å². The van der Waals surface area contributed by atoms with E-state index in [1.807, 2.05) is 92.2 Å². The van der Waals surface area contributed by atoms with E-state index < -0.39 is 0 Å². The zero-order chi connectivity index (χ0) is 61.5. The number of fused-ring (bicyclic) bond motifs is 1. The van der Waals surface area contributed by atoms with Crippen LogP contribution in [0, 0.1) is 26.7 Å². The van der Waals surface area contributed by atoms with Gasteiger partial charge in [0, 0.05) is 95.5 Å². The van der Waals surface area contributed by atoms with Crippen molar-refractivity contribution in [3.05, 3.63) is 105 Å². The maximum Gasteiger partial charge on any atom is 0.268 e. The van der Waals surface area contributed by atoms with Crippen LogP contribution in [-0.4, -0.2) is 164 Å². The first kappa shape index (κ1) is 65.9. The van der Waals surface area contributed by atoms with Crippen molar-refractivity contribution in [2.24, 2.45) is 5.92 Å². The largest absolute Gasteiger partial charge is 0.379 e. The normalized spacial score (nSPS) is 15.3. The Hall–Kier alpha value is -7.06. The number of likely N-dealkylation sites (N-methyl/N-ethyl adjacent to an activating group) is 1. The molecule has 5 heterocycles. The summed E-state index contributed by atoms with van der Waals surface area (Å²) in [6.45, 7) is 15.9. The van der Waals surface area contributed by atoms with Gasteiger partial charge in [0.15, 0.2) is 5.13 Å². The number of anilines is 5. The Bertz CT molecular complexity index is 3230. The summed E-state index contributed by atoms with van der Waals surface area (Å²) in [5, 5.41) is 21.1. The number of halogens is 1. The zero-order valence-corrected chi connectivity index (χ0v) is 52.6. The summed E-state index contributed by atoms with van der Waals surface area (Å²) in [4.78, 5) is 98.4. The molecule has 1 aliphatic carbocycles. The molecule has 1 aliphatic heterocycles. The predicted octanol–water partition coefficient (Wildman–Crippen LogP) is 8.04. The van der Waals surface area contributed by atoms with E-state index in [0.29, 0.717) is 136 Å². The first-order chi connectivity index (χ1) is 42.2. The maximum atomic E-state index is 13.7. The standard InChI is InChI=1S/C62H82ClN13O9S2/c1-5-75(47-13-9-11-42(2)37-47)57(79)41-76-49-21-36-86-51(49)38-50(76)60(81)70-46-18-16-45(17-19-46)59(80)66-22-8-6-7-15-55(77)64-24-32-85-35-34-83-30-20-56(78)65-23-31-84-33-29-73-25-27-74(28-26-73)54-39-53(68-44(4)69-54)71-62-67-40-52(87-62)61(82)72-58-43(3)12-10-14-48(58)63/h9-14,21,36-40,45-46H,5-8,15-20,22-35,41H2,1-4H3,(H,64,77)(H,65,78)(H,66,80)(H,70,81)(H,72,82)(H,67,68,69,71). The van der Waals surface area contributed by atoms with Crippen molar-refractivity contribution in [3.8, 4) is 0 Å². The molecule has 2 aromatic carbocycles. The minimum atomic E-state index is -0.292. The Morgan fingerprint density at radius 3 is 2.23 bits per heavy atom. The summed E-state index contributed by atoms with van der Waals surface area (Å²) in [5.74, 6) is 1.19. The first-order valence-electron chi connectivity index (χ1n) is 30.1. The highest BCUT2D eigenvalue weighted by Gasteiger charge is 2.29. The third-order valence-corrected chi connectivity index (χ3v) is 17.4. The van der Waals surface area contributed by atoms with Crippen LogP contribution < -0.4 is 41.7 Å². The molecule has 25 heteroatoms. The predicted molar refractivity (Wildman–Crippen MR) is 342 cm³/mol. The summed E-state index contributed by atoms with van der Waals surface area (Å²) >= 11 is 9.06. The Morgan fingerprint density at radius 2 is 1.48 bits per heavy atom. The molecule has 468 valence electrons. The van der Waals surface area contributed by atoms with E-state index >= 15 is 0 Å². The van der Waals surface area contributed by atoms with Crippen LogP contribution in [0.25, 0.3) is 10.2 Å². The van der Waals surface area contributed by atoms with E-state index in [2.05, 4.69) is 56.7 Å². The summed E-state index contributed by atoms with van der Waals surface area (Å²) in [7, 11) is 0. The number of amides is 6. The number of thiophene rings is 1. The number of rotatable bonds is 33. The number of aromatic nitrogens is 4. The molecule has 0 spiro atoms. The molecule has 0 bridgehead atoms. The van der Waals surface area contributed by atoms with Crippen molar-refractivity contribution in [2.75, 3.05) is 119 Å². The molecule has 22 nitrogen and oxygen atoms in total. The number of aryl methyl sites for hydroxylation is 3. The summed E-state index contributed by atoms with van der Waals surface area (Å²) in [6, 6.07) is 19.0. The lowest BCUT2D eigenvalue weighted by molar-refractivity contribution is -0.126. The number of thiazole rings is 1.